The van der Waals surface area contributed by atoms with E-state index in [2.05, 4.69) is 24.3 Å². The number of para-hydroxylation sites is 2. The van der Waals surface area contributed by atoms with E-state index in [4.69, 9.17) is 0 Å². The van der Waals surface area contributed by atoms with Crippen LogP contribution in [0.5, 0.6) is 0 Å². The standard InChI is InChI=1S/C18H25N3O/c1-5-8-13(2)11-18(22)19-16-9-6-7-10-17(16)21-15(4)12-14(3)20-21/h6-7,9-10,12-13H,5,8,11H2,1-4H3,(H,19,22). The SMILES string of the molecule is CCCC(C)CC(=O)Nc1ccccc1-n1nc(C)cc1C. The lowest BCUT2D eigenvalue weighted by Gasteiger charge is -2.14. The van der Waals surface area contributed by atoms with Crippen molar-refractivity contribution in [3.05, 3.63) is 41.7 Å². The molecular formula is C18H25N3O. The van der Waals surface area contributed by atoms with Crippen LogP contribution in [0.4, 0.5) is 5.69 Å². The van der Waals surface area contributed by atoms with Crippen LogP contribution in [0.15, 0.2) is 30.3 Å². The number of carbonyl (C=O) groups excluding carboxylic acids is 1. The molecule has 0 bridgehead atoms. The van der Waals surface area contributed by atoms with E-state index in [0.29, 0.717) is 12.3 Å². The molecule has 0 radical (unpaired) electrons. The number of anilines is 1. The first-order valence-corrected chi connectivity index (χ1v) is 7.93. The Balaban J connectivity index is 2.19. The number of carbonyl (C=O) groups is 1. The van der Waals surface area contributed by atoms with Gasteiger partial charge in [0.1, 0.15) is 0 Å². The van der Waals surface area contributed by atoms with Gasteiger partial charge in [-0.25, -0.2) is 4.68 Å². The summed E-state index contributed by atoms with van der Waals surface area (Å²) < 4.78 is 1.88. The molecule has 0 saturated heterocycles. The second-order valence-electron chi connectivity index (χ2n) is 6.00. The van der Waals surface area contributed by atoms with Gasteiger partial charge in [-0.05, 0) is 38.0 Å². The quantitative estimate of drug-likeness (QED) is 0.866. The highest BCUT2D eigenvalue weighted by atomic mass is 16.1. The van der Waals surface area contributed by atoms with Crippen molar-refractivity contribution in [3.63, 3.8) is 0 Å². The molecule has 0 aliphatic heterocycles. The molecule has 2 rings (SSSR count). The molecule has 22 heavy (non-hydrogen) atoms. The van der Waals surface area contributed by atoms with E-state index >= 15 is 0 Å². The molecule has 4 nitrogen and oxygen atoms in total. The third-order valence-corrected chi connectivity index (χ3v) is 3.73. The second-order valence-corrected chi connectivity index (χ2v) is 6.00. The highest BCUT2D eigenvalue weighted by Crippen LogP contribution is 2.22. The Labute approximate surface area is 132 Å². The van der Waals surface area contributed by atoms with Crippen molar-refractivity contribution in [3.8, 4) is 5.69 Å². The lowest BCUT2D eigenvalue weighted by Crippen LogP contribution is -2.17. The zero-order chi connectivity index (χ0) is 16.1. The van der Waals surface area contributed by atoms with Crippen molar-refractivity contribution < 1.29 is 4.79 Å². The molecule has 0 aliphatic rings. The lowest BCUT2D eigenvalue weighted by atomic mass is 10.0. The summed E-state index contributed by atoms with van der Waals surface area (Å²) in [6.07, 6.45) is 2.74. The molecule has 1 heterocycles. The van der Waals surface area contributed by atoms with Crippen molar-refractivity contribution in [1.82, 2.24) is 9.78 Å². The number of aryl methyl sites for hydroxylation is 2. The van der Waals surface area contributed by atoms with E-state index in [1.54, 1.807) is 0 Å². The third kappa shape index (κ3) is 3.97. The van der Waals surface area contributed by atoms with Gasteiger partial charge in [0.05, 0.1) is 17.1 Å². The van der Waals surface area contributed by atoms with Gasteiger partial charge in [-0.1, -0.05) is 38.8 Å². The molecule has 1 aromatic carbocycles. The van der Waals surface area contributed by atoms with Crippen LogP contribution in [0.1, 0.15) is 44.5 Å². The number of nitrogens with one attached hydrogen (secondary N) is 1. The molecular weight excluding hydrogens is 274 g/mol. The van der Waals surface area contributed by atoms with Gasteiger partial charge in [0.15, 0.2) is 0 Å². The summed E-state index contributed by atoms with van der Waals surface area (Å²) in [6, 6.07) is 9.82. The van der Waals surface area contributed by atoms with Crippen LogP contribution in [0.3, 0.4) is 0 Å². The van der Waals surface area contributed by atoms with E-state index in [1.807, 2.05) is 48.9 Å². The zero-order valence-electron chi connectivity index (χ0n) is 13.9. The summed E-state index contributed by atoms with van der Waals surface area (Å²) in [5.41, 5.74) is 3.74. The molecule has 0 saturated carbocycles. The topological polar surface area (TPSA) is 46.9 Å². The Kier molecular flexibility index (Phi) is 5.36. The fourth-order valence-corrected chi connectivity index (χ4v) is 2.75. The number of nitrogens with zero attached hydrogens (tertiary/aromatic N) is 2. The van der Waals surface area contributed by atoms with Crippen molar-refractivity contribution in [2.24, 2.45) is 5.92 Å². The van der Waals surface area contributed by atoms with Crippen molar-refractivity contribution in [2.75, 3.05) is 5.32 Å². The van der Waals surface area contributed by atoms with Crippen LogP contribution >= 0.6 is 0 Å². The van der Waals surface area contributed by atoms with Gasteiger partial charge in [-0.15, -0.1) is 0 Å². The lowest BCUT2D eigenvalue weighted by molar-refractivity contribution is -0.117. The van der Waals surface area contributed by atoms with Crippen LogP contribution in [0, 0.1) is 19.8 Å². The van der Waals surface area contributed by atoms with Gasteiger partial charge in [0.2, 0.25) is 5.91 Å². The molecule has 1 aromatic heterocycles. The van der Waals surface area contributed by atoms with Crippen LogP contribution in [-0.4, -0.2) is 15.7 Å². The molecule has 0 fully saturated rings. The van der Waals surface area contributed by atoms with E-state index in [9.17, 15) is 4.79 Å². The van der Waals surface area contributed by atoms with Gasteiger partial charge in [0, 0.05) is 12.1 Å². The summed E-state index contributed by atoms with van der Waals surface area (Å²) in [5, 5.41) is 7.54. The Morgan fingerprint density at radius 3 is 2.68 bits per heavy atom. The molecule has 1 unspecified atom stereocenters. The van der Waals surface area contributed by atoms with Crippen LogP contribution in [0.25, 0.3) is 5.69 Å². The smallest absolute Gasteiger partial charge is 0.224 e. The average Bonchev–Trinajstić information content (AvgIpc) is 2.78. The molecule has 0 spiro atoms. The Bertz CT molecular complexity index is 646. The number of rotatable bonds is 6. The second kappa shape index (κ2) is 7.25. The van der Waals surface area contributed by atoms with Crippen LogP contribution in [0.2, 0.25) is 0 Å². The summed E-state index contributed by atoms with van der Waals surface area (Å²) in [7, 11) is 0. The molecule has 1 N–H and O–H groups in total. The predicted molar refractivity (Wildman–Crippen MR) is 90.4 cm³/mol. The first kappa shape index (κ1) is 16.3. The minimum absolute atomic E-state index is 0.0648. The molecule has 4 heteroatoms. The van der Waals surface area contributed by atoms with E-state index in [0.717, 1.165) is 35.6 Å². The van der Waals surface area contributed by atoms with Gasteiger partial charge in [0.25, 0.3) is 0 Å². The highest BCUT2D eigenvalue weighted by Gasteiger charge is 2.13. The normalized spacial score (nSPS) is 12.2. The van der Waals surface area contributed by atoms with Crippen molar-refractivity contribution >= 4 is 11.6 Å². The summed E-state index contributed by atoms with van der Waals surface area (Å²) in [6.45, 7) is 8.25. The van der Waals surface area contributed by atoms with Gasteiger partial charge >= 0.3 is 0 Å². The Morgan fingerprint density at radius 1 is 1.32 bits per heavy atom. The molecule has 0 aliphatic carbocycles. The highest BCUT2D eigenvalue weighted by molar-refractivity contribution is 5.92. The van der Waals surface area contributed by atoms with Crippen molar-refractivity contribution in [2.45, 2.75) is 47.0 Å². The summed E-state index contributed by atoms with van der Waals surface area (Å²) in [4.78, 5) is 12.2. The Morgan fingerprint density at radius 2 is 2.05 bits per heavy atom. The largest absolute Gasteiger partial charge is 0.324 e. The number of hydrogen-bond acceptors (Lipinski definition) is 2. The summed E-state index contributed by atoms with van der Waals surface area (Å²) >= 11 is 0. The average molecular weight is 299 g/mol. The summed E-state index contributed by atoms with van der Waals surface area (Å²) in [5.74, 6) is 0.473. The molecule has 1 amide bonds. The first-order chi connectivity index (χ1) is 10.5. The minimum atomic E-state index is 0.0648. The van der Waals surface area contributed by atoms with Gasteiger partial charge in [-0.2, -0.15) is 5.10 Å². The maximum absolute atomic E-state index is 12.2. The maximum atomic E-state index is 12.2. The maximum Gasteiger partial charge on any atom is 0.224 e. The van der Waals surface area contributed by atoms with Crippen LogP contribution in [-0.2, 0) is 4.79 Å². The van der Waals surface area contributed by atoms with Gasteiger partial charge in [-0.3, -0.25) is 4.79 Å². The fourth-order valence-electron chi connectivity index (χ4n) is 2.75. The number of amides is 1. The predicted octanol–water partition coefficient (Wildman–Crippen LogP) is 4.25. The van der Waals surface area contributed by atoms with E-state index in [-0.39, 0.29) is 5.91 Å². The third-order valence-electron chi connectivity index (χ3n) is 3.73. The first-order valence-electron chi connectivity index (χ1n) is 7.93. The molecule has 1 atom stereocenters. The Hall–Kier alpha value is -2.10. The van der Waals surface area contributed by atoms with Crippen LogP contribution < -0.4 is 5.32 Å². The number of benzene rings is 1. The fraction of sp³-hybridized carbons (Fsp3) is 0.444. The number of aromatic nitrogens is 2. The van der Waals surface area contributed by atoms with Crippen molar-refractivity contribution in [1.29, 1.82) is 0 Å². The number of hydrogen-bond donors (Lipinski definition) is 1. The molecule has 2 aromatic rings. The van der Waals surface area contributed by atoms with E-state index < -0.39 is 0 Å². The monoisotopic (exact) mass is 299 g/mol. The minimum Gasteiger partial charge on any atom is -0.324 e. The molecule has 118 valence electrons. The van der Waals surface area contributed by atoms with Gasteiger partial charge < -0.3 is 5.32 Å². The zero-order valence-corrected chi connectivity index (χ0v) is 13.9. The van der Waals surface area contributed by atoms with E-state index in [1.165, 1.54) is 0 Å².